The summed E-state index contributed by atoms with van der Waals surface area (Å²) in [6.07, 6.45) is 0. The fraction of sp³-hybridized carbons (Fsp3) is 0.160. The van der Waals surface area contributed by atoms with Crippen molar-refractivity contribution in [3.63, 3.8) is 0 Å². The summed E-state index contributed by atoms with van der Waals surface area (Å²) >= 11 is 5.91. The quantitative estimate of drug-likeness (QED) is 0.441. The SMILES string of the molecule is CCOc1ccc(N(C(=O)C(C)N2C(=O)c3ccccc3C2=O)S(=O)(=O)c2ccc(Cl)cc2)cc1. The molecular weight excluding hydrogens is 492 g/mol. The van der Waals surface area contributed by atoms with Crippen molar-refractivity contribution in [1.82, 2.24) is 4.90 Å². The molecule has 8 nitrogen and oxygen atoms in total. The molecule has 180 valence electrons. The lowest BCUT2D eigenvalue weighted by molar-refractivity contribution is -0.120. The first-order valence-electron chi connectivity index (χ1n) is 10.7. The fourth-order valence-electron chi connectivity index (χ4n) is 3.78. The number of nitrogens with zero attached hydrogens (tertiary/aromatic N) is 2. The number of amides is 3. The van der Waals surface area contributed by atoms with Gasteiger partial charge in [-0.15, -0.1) is 0 Å². The summed E-state index contributed by atoms with van der Waals surface area (Å²) in [5.41, 5.74) is 0.340. The van der Waals surface area contributed by atoms with Crippen molar-refractivity contribution in [2.75, 3.05) is 10.9 Å². The number of halogens is 1. The Labute approximate surface area is 207 Å². The molecule has 10 heteroatoms. The first-order chi connectivity index (χ1) is 16.7. The predicted octanol–water partition coefficient (Wildman–Crippen LogP) is 4.15. The standard InChI is InChI=1S/C25H21ClN2O6S/c1-3-34-19-12-10-18(11-13-19)28(35(32,33)20-14-8-17(26)9-15-20)23(29)16(2)27-24(30)21-6-4-5-7-22(21)25(27)31/h4-16H,3H2,1-2H3. The molecule has 0 saturated heterocycles. The Hall–Kier alpha value is -3.69. The number of carbonyl (C=O) groups is 3. The minimum absolute atomic E-state index is 0.0249. The number of imide groups is 1. The van der Waals surface area contributed by atoms with E-state index in [1.807, 2.05) is 0 Å². The largest absolute Gasteiger partial charge is 0.494 e. The Bertz CT molecular complexity index is 1370. The summed E-state index contributed by atoms with van der Waals surface area (Å²) in [7, 11) is -4.44. The average Bonchev–Trinajstić information content (AvgIpc) is 3.10. The smallest absolute Gasteiger partial charge is 0.270 e. The molecule has 3 aromatic rings. The van der Waals surface area contributed by atoms with Gasteiger partial charge in [-0.3, -0.25) is 19.3 Å². The monoisotopic (exact) mass is 512 g/mol. The van der Waals surface area contributed by atoms with E-state index in [2.05, 4.69) is 0 Å². The van der Waals surface area contributed by atoms with E-state index >= 15 is 0 Å². The maximum atomic E-state index is 13.7. The third-order valence-electron chi connectivity index (χ3n) is 5.50. The number of hydrogen-bond acceptors (Lipinski definition) is 6. The van der Waals surface area contributed by atoms with E-state index in [0.717, 1.165) is 4.90 Å². The molecule has 1 aliphatic rings. The third-order valence-corrected chi connectivity index (χ3v) is 7.50. The molecule has 4 rings (SSSR count). The molecule has 1 heterocycles. The first kappa shape index (κ1) is 24.4. The van der Waals surface area contributed by atoms with Crippen LogP contribution < -0.4 is 9.04 Å². The van der Waals surface area contributed by atoms with Gasteiger partial charge in [-0.25, -0.2) is 12.7 Å². The van der Waals surface area contributed by atoms with Gasteiger partial charge in [0.1, 0.15) is 11.8 Å². The summed E-state index contributed by atoms with van der Waals surface area (Å²) in [6, 6.07) is 16.0. The minimum atomic E-state index is -4.44. The highest BCUT2D eigenvalue weighted by Crippen LogP contribution is 2.30. The molecule has 0 aromatic heterocycles. The summed E-state index contributed by atoms with van der Waals surface area (Å²) in [5, 5.41) is 0.322. The number of fused-ring (bicyclic) bond motifs is 1. The molecule has 0 spiro atoms. The van der Waals surface area contributed by atoms with Crippen LogP contribution in [0.15, 0.2) is 77.7 Å². The molecule has 0 N–H and O–H groups in total. The van der Waals surface area contributed by atoms with Crippen LogP contribution in [-0.2, 0) is 14.8 Å². The second-order valence-corrected chi connectivity index (χ2v) is 9.91. The summed E-state index contributed by atoms with van der Waals surface area (Å²) in [6.45, 7) is 3.53. The highest BCUT2D eigenvalue weighted by Gasteiger charge is 2.44. The van der Waals surface area contributed by atoms with Gasteiger partial charge in [0.05, 0.1) is 28.3 Å². The molecule has 0 bridgehead atoms. The number of sulfonamides is 1. The molecule has 1 unspecified atom stereocenters. The summed E-state index contributed by atoms with van der Waals surface area (Å²) in [5.74, 6) is -1.82. The van der Waals surface area contributed by atoms with Gasteiger partial charge in [-0.2, -0.15) is 0 Å². The fourth-order valence-corrected chi connectivity index (χ4v) is 5.39. The topological polar surface area (TPSA) is 101 Å². The normalized spacial score (nSPS) is 14.0. The minimum Gasteiger partial charge on any atom is -0.494 e. The van der Waals surface area contributed by atoms with Crippen LogP contribution in [0.4, 0.5) is 5.69 Å². The second kappa shape index (κ2) is 9.52. The van der Waals surface area contributed by atoms with E-state index < -0.39 is 33.8 Å². The van der Waals surface area contributed by atoms with Crippen LogP contribution in [0.3, 0.4) is 0 Å². The van der Waals surface area contributed by atoms with E-state index in [-0.39, 0.29) is 21.7 Å². The Kier molecular flexibility index (Phi) is 6.64. The molecule has 0 aliphatic carbocycles. The van der Waals surface area contributed by atoms with Crippen LogP contribution in [0.5, 0.6) is 5.75 Å². The molecule has 3 amide bonds. The number of carbonyl (C=O) groups excluding carboxylic acids is 3. The van der Waals surface area contributed by atoms with Gasteiger partial charge in [0, 0.05) is 5.02 Å². The molecule has 0 fully saturated rings. The zero-order valence-electron chi connectivity index (χ0n) is 18.8. The van der Waals surface area contributed by atoms with Gasteiger partial charge >= 0.3 is 0 Å². The third kappa shape index (κ3) is 4.40. The van der Waals surface area contributed by atoms with Crippen molar-refractivity contribution in [3.8, 4) is 5.75 Å². The van der Waals surface area contributed by atoms with E-state index in [1.165, 1.54) is 67.6 Å². The van der Waals surface area contributed by atoms with E-state index in [0.29, 0.717) is 21.7 Å². The van der Waals surface area contributed by atoms with Gasteiger partial charge in [0.25, 0.3) is 27.7 Å². The molecular formula is C25H21ClN2O6S. The van der Waals surface area contributed by atoms with E-state index in [9.17, 15) is 22.8 Å². The zero-order chi connectivity index (χ0) is 25.3. The lowest BCUT2D eigenvalue weighted by atomic mass is 10.1. The van der Waals surface area contributed by atoms with Gasteiger partial charge in [-0.1, -0.05) is 23.7 Å². The molecule has 1 atom stereocenters. The second-order valence-electron chi connectivity index (χ2n) is 7.69. The molecule has 1 aliphatic heterocycles. The van der Waals surface area contributed by atoms with Crippen molar-refractivity contribution < 1.29 is 27.5 Å². The molecule has 0 saturated carbocycles. The predicted molar refractivity (Wildman–Crippen MR) is 130 cm³/mol. The number of hydrogen-bond donors (Lipinski definition) is 0. The number of benzene rings is 3. The molecule has 35 heavy (non-hydrogen) atoms. The van der Waals surface area contributed by atoms with E-state index in [4.69, 9.17) is 16.3 Å². The van der Waals surface area contributed by atoms with Crippen LogP contribution in [-0.4, -0.2) is 43.7 Å². The zero-order valence-corrected chi connectivity index (χ0v) is 20.4. The van der Waals surface area contributed by atoms with Crippen LogP contribution in [0.1, 0.15) is 34.6 Å². The number of anilines is 1. The van der Waals surface area contributed by atoms with Crippen molar-refractivity contribution >= 4 is 45.0 Å². The highest BCUT2D eigenvalue weighted by atomic mass is 35.5. The number of rotatable bonds is 7. The van der Waals surface area contributed by atoms with Crippen LogP contribution in [0, 0.1) is 0 Å². The van der Waals surface area contributed by atoms with Crippen molar-refractivity contribution in [3.05, 3.63) is 88.9 Å². The Morgan fingerprint density at radius 2 is 1.49 bits per heavy atom. The molecule has 3 aromatic carbocycles. The summed E-state index contributed by atoms with van der Waals surface area (Å²) < 4.78 is 33.3. The average molecular weight is 513 g/mol. The van der Waals surface area contributed by atoms with Crippen LogP contribution >= 0.6 is 11.6 Å². The maximum Gasteiger partial charge on any atom is 0.270 e. The Morgan fingerprint density at radius 1 is 0.943 bits per heavy atom. The van der Waals surface area contributed by atoms with Crippen molar-refractivity contribution in [2.45, 2.75) is 24.8 Å². The number of ether oxygens (including phenoxy) is 1. The van der Waals surface area contributed by atoms with Crippen LogP contribution in [0.25, 0.3) is 0 Å². The van der Waals surface area contributed by atoms with Crippen molar-refractivity contribution in [1.29, 1.82) is 0 Å². The van der Waals surface area contributed by atoms with E-state index in [1.54, 1.807) is 19.1 Å². The Balaban J connectivity index is 1.77. The maximum absolute atomic E-state index is 13.7. The summed E-state index contributed by atoms with van der Waals surface area (Å²) in [4.78, 5) is 40.2. The van der Waals surface area contributed by atoms with Crippen molar-refractivity contribution in [2.24, 2.45) is 0 Å². The van der Waals surface area contributed by atoms with Gasteiger partial charge in [0.2, 0.25) is 0 Å². The van der Waals surface area contributed by atoms with Crippen LogP contribution in [0.2, 0.25) is 5.02 Å². The lowest BCUT2D eigenvalue weighted by Gasteiger charge is -2.29. The lowest BCUT2D eigenvalue weighted by Crippen LogP contribution is -2.51. The van der Waals surface area contributed by atoms with Gasteiger partial charge in [0.15, 0.2) is 0 Å². The molecule has 0 radical (unpaired) electrons. The van der Waals surface area contributed by atoms with Gasteiger partial charge in [-0.05, 0) is 74.5 Å². The Morgan fingerprint density at radius 3 is 2.00 bits per heavy atom. The first-order valence-corrected chi connectivity index (χ1v) is 12.5. The van der Waals surface area contributed by atoms with Gasteiger partial charge < -0.3 is 4.74 Å². The highest BCUT2D eigenvalue weighted by molar-refractivity contribution is 7.93.